The lowest BCUT2D eigenvalue weighted by molar-refractivity contribution is -0.141. The first kappa shape index (κ1) is 18.0. The number of nitrogens with zero attached hydrogens (tertiary/aromatic N) is 3. The van der Waals surface area contributed by atoms with Gasteiger partial charge in [-0.05, 0) is 25.0 Å². The number of hydrogen-bond donors (Lipinski definition) is 0. The molecule has 0 saturated carbocycles. The second-order valence-electron chi connectivity index (χ2n) is 5.73. The molecule has 0 N–H and O–H groups in total. The van der Waals surface area contributed by atoms with Crippen molar-refractivity contribution < 1.29 is 26.3 Å². The smallest absolute Gasteiger partial charge is 0.355 e. The van der Waals surface area contributed by atoms with Crippen molar-refractivity contribution in [2.24, 2.45) is 0 Å². The SMILES string of the molecule is FC(F)(F)c1csc(C2CCCN(c3ncccc3C(F)(F)F)C2)n1. The van der Waals surface area contributed by atoms with Gasteiger partial charge in [-0.1, -0.05) is 0 Å². The summed E-state index contributed by atoms with van der Waals surface area (Å²) >= 11 is 0.890. The fraction of sp³-hybridized carbons (Fsp3) is 0.467. The van der Waals surface area contributed by atoms with Crippen molar-refractivity contribution in [3.63, 3.8) is 0 Å². The van der Waals surface area contributed by atoms with Crippen molar-refractivity contribution in [3.8, 4) is 0 Å². The molecule has 10 heteroatoms. The van der Waals surface area contributed by atoms with E-state index in [0.29, 0.717) is 24.4 Å². The Kier molecular flexibility index (Phi) is 4.65. The lowest BCUT2D eigenvalue weighted by Crippen LogP contribution is -2.36. The number of anilines is 1. The fourth-order valence-corrected chi connectivity index (χ4v) is 3.80. The van der Waals surface area contributed by atoms with Crippen LogP contribution in [-0.2, 0) is 12.4 Å². The average molecular weight is 381 g/mol. The minimum absolute atomic E-state index is 0.158. The van der Waals surface area contributed by atoms with Crippen molar-refractivity contribution in [3.05, 3.63) is 40.0 Å². The van der Waals surface area contributed by atoms with Crippen molar-refractivity contribution in [2.45, 2.75) is 31.1 Å². The molecule has 1 saturated heterocycles. The zero-order chi connectivity index (χ0) is 18.2. The molecule has 1 aliphatic heterocycles. The first-order valence-electron chi connectivity index (χ1n) is 7.46. The summed E-state index contributed by atoms with van der Waals surface area (Å²) in [7, 11) is 0. The maximum absolute atomic E-state index is 13.2. The van der Waals surface area contributed by atoms with Gasteiger partial charge in [-0.25, -0.2) is 9.97 Å². The van der Waals surface area contributed by atoms with Crippen molar-refractivity contribution in [2.75, 3.05) is 18.0 Å². The Bertz CT molecular complexity index is 739. The zero-order valence-corrected chi connectivity index (χ0v) is 13.5. The van der Waals surface area contributed by atoms with Gasteiger partial charge in [0.2, 0.25) is 0 Å². The summed E-state index contributed by atoms with van der Waals surface area (Å²) in [6, 6.07) is 2.17. The van der Waals surface area contributed by atoms with E-state index in [-0.39, 0.29) is 18.3 Å². The van der Waals surface area contributed by atoms with Crippen LogP contribution in [-0.4, -0.2) is 23.1 Å². The van der Waals surface area contributed by atoms with Crippen LogP contribution in [0.3, 0.4) is 0 Å². The number of rotatable bonds is 2. The van der Waals surface area contributed by atoms with Gasteiger partial charge in [0.15, 0.2) is 5.69 Å². The Morgan fingerprint density at radius 2 is 1.88 bits per heavy atom. The van der Waals surface area contributed by atoms with E-state index in [9.17, 15) is 26.3 Å². The number of piperidine rings is 1. The monoisotopic (exact) mass is 381 g/mol. The standard InChI is InChI=1S/C15H13F6N3S/c16-14(17,18)10-4-1-5-22-12(10)24-6-2-3-9(7-24)13-23-11(8-25-13)15(19,20)21/h1,4-5,8-9H,2-3,6-7H2. The second-order valence-corrected chi connectivity index (χ2v) is 6.62. The molecule has 3 heterocycles. The molecule has 1 unspecified atom stereocenters. The molecule has 25 heavy (non-hydrogen) atoms. The molecule has 3 nitrogen and oxygen atoms in total. The number of alkyl halides is 6. The van der Waals surface area contributed by atoms with Crippen LogP contribution < -0.4 is 4.90 Å². The molecule has 0 aromatic carbocycles. The normalized spacial score (nSPS) is 19.3. The quantitative estimate of drug-likeness (QED) is 0.689. The topological polar surface area (TPSA) is 29.0 Å². The van der Waals surface area contributed by atoms with Gasteiger partial charge >= 0.3 is 12.4 Å². The van der Waals surface area contributed by atoms with E-state index in [1.807, 2.05) is 0 Å². The fourth-order valence-electron chi connectivity index (χ4n) is 2.85. The lowest BCUT2D eigenvalue weighted by Gasteiger charge is -2.34. The molecule has 2 aromatic rings. The molecule has 0 spiro atoms. The number of hydrogen-bond acceptors (Lipinski definition) is 4. The minimum Gasteiger partial charge on any atom is -0.355 e. The number of pyridine rings is 1. The van der Waals surface area contributed by atoms with Crippen LogP contribution in [0.5, 0.6) is 0 Å². The molecular weight excluding hydrogens is 368 g/mol. The zero-order valence-electron chi connectivity index (χ0n) is 12.7. The molecule has 1 atom stereocenters. The van der Waals surface area contributed by atoms with Crippen LogP contribution in [0, 0.1) is 0 Å². The van der Waals surface area contributed by atoms with E-state index in [4.69, 9.17) is 0 Å². The molecule has 0 radical (unpaired) electrons. The molecule has 2 aromatic heterocycles. The average Bonchev–Trinajstić information content (AvgIpc) is 3.04. The molecule has 3 rings (SSSR count). The van der Waals surface area contributed by atoms with Gasteiger partial charge < -0.3 is 4.90 Å². The van der Waals surface area contributed by atoms with Gasteiger partial charge in [-0.3, -0.25) is 0 Å². The van der Waals surface area contributed by atoms with Crippen LogP contribution in [0.25, 0.3) is 0 Å². The Hall–Kier alpha value is -1.84. The highest BCUT2D eigenvalue weighted by atomic mass is 32.1. The van der Waals surface area contributed by atoms with Crippen LogP contribution in [0.2, 0.25) is 0 Å². The van der Waals surface area contributed by atoms with E-state index >= 15 is 0 Å². The third-order valence-electron chi connectivity index (χ3n) is 3.97. The predicted octanol–water partition coefficient (Wildman–Crippen LogP) is 4.96. The summed E-state index contributed by atoms with van der Waals surface area (Å²) in [5, 5.41) is 1.23. The third kappa shape index (κ3) is 3.88. The van der Waals surface area contributed by atoms with Gasteiger partial charge in [0.25, 0.3) is 0 Å². The second kappa shape index (κ2) is 6.47. The molecular formula is C15H13F6N3S. The number of aromatic nitrogens is 2. The summed E-state index contributed by atoms with van der Waals surface area (Å²) < 4.78 is 77.5. The van der Waals surface area contributed by atoms with E-state index in [1.165, 1.54) is 17.2 Å². The van der Waals surface area contributed by atoms with Gasteiger partial charge in [0.1, 0.15) is 5.82 Å². The van der Waals surface area contributed by atoms with Crippen LogP contribution in [0.4, 0.5) is 32.2 Å². The van der Waals surface area contributed by atoms with Crippen LogP contribution in [0.15, 0.2) is 23.7 Å². The summed E-state index contributed by atoms with van der Waals surface area (Å²) in [6.07, 6.45) is -6.65. The first-order chi connectivity index (χ1) is 11.7. The van der Waals surface area contributed by atoms with E-state index in [1.54, 1.807) is 0 Å². The molecule has 0 amide bonds. The molecule has 1 aliphatic rings. The van der Waals surface area contributed by atoms with Gasteiger partial charge in [-0.2, -0.15) is 26.3 Å². The first-order valence-corrected chi connectivity index (χ1v) is 8.34. The van der Waals surface area contributed by atoms with Crippen molar-refractivity contribution in [1.82, 2.24) is 9.97 Å². The number of thiazole rings is 1. The van der Waals surface area contributed by atoms with Crippen molar-refractivity contribution >= 4 is 17.2 Å². The Labute approximate surface area is 143 Å². The summed E-state index contributed by atoms with van der Waals surface area (Å²) in [4.78, 5) is 8.96. The van der Waals surface area contributed by atoms with E-state index in [2.05, 4.69) is 9.97 Å². The maximum atomic E-state index is 13.2. The Balaban J connectivity index is 1.84. The summed E-state index contributed by atoms with van der Waals surface area (Å²) in [5.41, 5.74) is -1.80. The molecule has 0 bridgehead atoms. The molecule has 1 fully saturated rings. The highest BCUT2D eigenvalue weighted by molar-refractivity contribution is 7.09. The Morgan fingerprint density at radius 3 is 2.52 bits per heavy atom. The highest BCUT2D eigenvalue weighted by Gasteiger charge is 2.38. The van der Waals surface area contributed by atoms with Crippen molar-refractivity contribution in [1.29, 1.82) is 0 Å². The lowest BCUT2D eigenvalue weighted by atomic mass is 9.98. The van der Waals surface area contributed by atoms with Gasteiger partial charge in [0, 0.05) is 30.6 Å². The van der Waals surface area contributed by atoms with Crippen LogP contribution in [0.1, 0.15) is 35.0 Å². The van der Waals surface area contributed by atoms with E-state index < -0.39 is 23.6 Å². The predicted molar refractivity (Wildman–Crippen MR) is 80.5 cm³/mol. The van der Waals surface area contributed by atoms with E-state index in [0.717, 1.165) is 22.8 Å². The maximum Gasteiger partial charge on any atom is 0.434 e. The molecule has 0 aliphatic carbocycles. The third-order valence-corrected chi connectivity index (χ3v) is 4.98. The largest absolute Gasteiger partial charge is 0.434 e. The Morgan fingerprint density at radius 1 is 1.12 bits per heavy atom. The van der Waals surface area contributed by atoms with Gasteiger partial charge in [-0.15, -0.1) is 11.3 Å². The summed E-state index contributed by atoms with van der Waals surface area (Å²) in [5.74, 6) is -0.537. The highest BCUT2D eigenvalue weighted by Crippen LogP contribution is 2.39. The van der Waals surface area contributed by atoms with Crippen LogP contribution >= 0.6 is 11.3 Å². The van der Waals surface area contributed by atoms with Gasteiger partial charge in [0.05, 0.1) is 10.6 Å². The molecule has 136 valence electrons. The minimum atomic E-state index is -4.54. The summed E-state index contributed by atoms with van der Waals surface area (Å²) in [6.45, 7) is 0.527. The number of halogens is 6.